The predicted octanol–water partition coefficient (Wildman–Crippen LogP) is 1.24. The van der Waals surface area contributed by atoms with Gasteiger partial charge in [0, 0.05) is 25.4 Å². The minimum absolute atomic E-state index is 0.169. The zero-order valence-corrected chi connectivity index (χ0v) is 11.6. The summed E-state index contributed by atoms with van der Waals surface area (Å²) in [6.45, 7) is 4.39. The van der Waals surface area contributed by atoms with Crippen molar-refractivity contribution in [2.45, 2.75) is 26.0 Å². The van der Waals surface area contributed by atoms with Crippen LogP contribution in [-0.4, -0.2) is 43.4 Å². The van der Waals surface area contributed by atoms with Gasteiger partial charge in [-0.2, -0.15) is 0 Å². The highest BCUT2D eigenvalue weighted by Crippen LogP contribution is 2.15. The first-order valence-corrected chi connectivity index (χ1v) is 6.35. The highest BCUT2D eigenvalue weighted by molar-refractivity contribution is 5.99. The largest absolute Gasteiger partial charge is 0.389 e. The first kappa shape index (κ1) is 15.5. The Kier molecular flexibility index (Phi) is 6.32. The zero-order valence-electron chi connectivity index (χ0n) is 11.6. The van der Waals surface area contributed by atoms with Crippen molar-refractivity contribution in [2.24, 2.45) is 0 Å². The number of para-hydroxylation sites is 1. The van der Waals surface area contributed by atoms with Crippen LogP contribution in [0.4, 0.5) is 5.69 Å². The molecule has 3 N–H and O–H groups in total. The van der Waals surface area contributed by atoms with Crippen LogP contribution < -0.4 is 10.6 Å². The van der Waals surface area contributed by atoms with Gasteiger partial charge in [0.25, 0.3) is 5.91 Å². The molecule has 1 unspecified atom stereocenters. The quantitative estimate of drug-likeness (QED) is 0.694. The number of ether oxygens (including phenoxy) is 1. The van der Waals surface area contributed by atoms with Crippen molar-refractivity contribution in [3.05, 3.63) is 29.8 Å². The van der Waals surface area contributed by atoms with Crippen molar-refractivity contribution in [3.8, 4) is 0 Å². The Labute approximate surface area is 114 Å². The van der Waals surface area contributed by atoms with E-state index < -0.39 is 6.10 Å². The summed E-state index contributed by atoms with van der Waals surface area (Å²) >= 11 is 0. The predicted molar refractivity (Wildman–Crippen MR) is 75.4 cm³/mol. The van der Waals surface area contributed by atoms with Gasteiger partial charge in [0.15, 0.2) is 0 Å². The van der Waals surface area contributed by atoms with E-state index in [0.29, 0.717) is 5.56 Å². The maximum Gasteiger partial charge on any atom is 0.253 e. The van der Waals surface area contributed by atoms with E-state index in [4.69, 9.17) is 4.74 Å². The number of carbonyl (C=O) groups excluding carboxylic acids is 1. The van der Waals surface area contributed by atoms with Gasteiger partial charge in [0.05, 0.1) is 18.3 Å². The lowest BCUT2D eigenvalue weighted by Crippen LogP contribution is -2.34. The molecule has 0 saturated heterocycles. The Morgan fingerprint density at radius 3 is 2.68 bits per heavy atom. The highest BCUT2D eigenvalue weighted by atomic mass is 16.5. The highest BCUT2D eigenvalue weighted by Gasteiger charge is 2.12. The number of hydrogen-bond acceptors (Lipinski definition) is 4. The molecular weight excluding hydrogens is 244 g/mol. The summed E-state index contributed by atoms with van der Waals surface area (Å²) in [6.07, 6.45) is -0.695. The molecule has 0 heterocycles. The molecule has 0 fully saturated rings. The summed E-state index contributed by atoms with van der Waals surface area (Å²) in [5, 5.41) is 15.4. The minimum atomic E-state index is -0.695. The second kappa shape index (κ2) is 7.76. The number of anilines is 1. The smallest absolute Gasteiger partial charge is 0.253 e. The molecule has 106 valence electrons. The SMILES string of the molecule is COCC(O)CNC(=O)c1ccccc1NC(C)C. The van der Waals surface area contributed by atoms with Gasteiger partial charge < -0.3 is 20.5 Å². The van der Waals surface area contributed by atoms with Gasteiger partial charge in [-0.1, -0.05) is 12.1 Å². The summed E-state index contributed by atoms with van der Waals surface area (Å²) in [6, 6.07) is 7.55. The molecule has 1 atom stereocenters. The normalized spacial score (nSPS) is 12.3. The van der Waals surface area contributed by atoms with Crippen LogP contribution in [0.3, 0.4) is 0 Å². The lowest BCUT2D eigenvalue weighted by molar-refractivity contribution is 0.0610. The molecule has 5 heteroatoms. The van der Waals surface area contributed by atoms with E-state index in [0.717, 1.165) is 5.69 Å². The van der Waals surface area contributed by atoms with Crippen molar-refractivity contribution >= 4 is 11.6 Å². The van der Waals surface area contributed by atoms with Crippen LogP contribution >= 0.6 is 0 Å². The Hall–Kier alpha value is -1.59. The third-order valence-corrected chi connectivity index (χ3v) is 2.47. The average Bonchev–Trinajstić information content (AvgIpc) is 2.36. The Morgan fingerprint density at radius 1 is 1.37 bits per heavy atom. The summed E-state index contributed by atoms with van der Waals surface area (Å²) < 4.78 is 4.80. The third-order valence-electron chi connectivity index (χ3n) is 2.47. The van der Waals surface area contributed by atoms with Crippen molar-refractivity contribution in [1.29, 1.82) is 0 Å². The molecule has 5 nitrogen and oxygen atoms in total. The van der Waals surface area contributed by atoms with E-state index in [9.17, 15) is 9.90 Å². The van der Waals surface area contributed by atoms with Crippen LogP contribution in [0.15, 0.2) is 24.3 Å². The molecule has 0 aliphatic heterocycles. The van der Waals surface area contributed by atoms with E-state index in [1.807, 2.05) is 32.0 Å². The molecule has 0 bridgehead atoms. The molecule has 0 aliphatic carbocycles. The van der Waals surface area contributed by atoms with Gasteiger partial charge >= 0.3 is 0 Å². The van der Waals surface area contributed by atoms with Crippen molar-refractivity contribution in [2.75, 3.05) is 25.6 Å². The van der Waals surface area contributed by atoms with Crippen LogP contribution in [0.2, 0.25) is 0 Å². The number of amides is 1. The van der Waals surface area contributed by atoms with E-state index in [-0.39, 0.29) is 25.1 Å². The fourth-order valence-electron chi connectivity index (χ4n) is 1.68. The third kappa shape index (κ3) is 5.28. The zero-order chi connectivity index (χ0) is 14.3. The molecule has 1 aromatic carbocycles. The van der Waals surface area contributed by atoms with E-state index in [2.05, 4.69) is 10.6 Å². The molecule has 1 rings (SSSR count). The fourth-order valence-corrected chi connectivity index (χ4v) is 1.68. The Balaban J connectivity index is 2.66. The summed E-state index contributed by atoms with van der Waals surface area (Å²) in [5.41, 5.74) is 1.36. The van der Waals surface area contributed by atoms with E-state index >= 15 is 0 Å². The van der Waals surface area contributed by atoms with Crippen LogP contribution in [-0.2, 0) is 4.74 Å². The molecule has 1 amide bonds. The Morgan fingerprint density at radius 2 is 2.05 bits per heavy atom. The molecule has 1 aromatic rings. The number of aliphatic hydroxyl groups excluding tert-OH is 1. The average molecular weight is 266 g/mol. The van der Waals surface area contributed by atoms with Crippen molar-refractivity contribution in [3.63, 3.8) is 0 Å². The number of nitrogens with one attached hydrogen (secondary N) is 2. The summed E-state index contributed by atoms with van der Waals surface area (Å²) in [5.74, 6) is -0.209. The number of methoxy groups -OCH3 is 1. The second-order valence-electron chi connectivity index (χ2n) is 4.66. The van der Waals surface area contributed by atoms with Crippen LogP contribution in [0.5, 0.6) is 0 Å². The molecule has 0 radical (unpaired) electrons. The summed E-state index contributed by atoms with van der Waals surface area (Å²) in [7, 11) is 1.51. The van der Waals surface area contributed by atoms with E-state index in [1.54, 1.807) is 6.07 Å². The number of aliphatic hydroxyl groups is 1. The summed E-state index contributed by atoms with van der Waals surface area (Å²) in [4.78, 5) is 12.1. The molecule has 0 aromatic heterocycles. The second-order valence-corrected chi connectivity index (χ2v) is 4.66. The number of hydrogen-bond donors (Lipinski definition) is 3. The number of carbonyl (C=O) groups is 1. The van der Waals surface area contributed by atoms with Gasteiger partial charge in [0.1, 0.15) is 0 Å². The lowest BCUT2D eigenvalue weighted by Gasteiger charge is -2.15. The molecule has 19 heavy (non-hydrogen) atoms. The van der Waals surface area contributed by atoms with Gasteiger partial charge in [-0.3, -0.25) is 4.79 Å². The van der Waals surface area contributed by atoms with Gasteiger partial charge in [0.2, 0.25) is 0 Å². The van der Waals surface area contributed by atoms with Crippen molar-refractivity contribution < 1.29 is 14.6 Å². The maximum absolute atomic E-state index is 12.1. The molecule has 0 saturated carbocycles. The van der Waals surface area contributed by atoms with Crippen LogP contribution in [0.25, 0.3) is 0 Å². The molecular formula is C14H22N2O3. The monoisotopic (exact) mass is 266 g/mol. The lowest BCUT2D eigenvalue weighted by atomic mass is 10.1. The number of benzene rings is 1. The topological polar surface area (TPSA) is 70.6 Å². The molecule has 0 aliphatic rings. The van der Waals surface area contributed by atoms with Crippen LogP contribution in [0, 0.1) is 0 Å². The maximum atomic E-state index is 12.1. The van der Waals surface area contributed by atoms with Crippen LogP contribution in [0.1, 0.15) is 24.2 Å². The first-order valence-electron chi connectivity index (χ1n) is 6.35. The minimum Gasteiger partial charge on any atom is -0.389 e. The Bertz CT molecular complexity index is 407. The first-order chi connectivity index (χ1) is 9.04. The van der Waals surface area contributed by atoms with Crippen molar-refractivity contribution in [1.82, 2.24) is 5.32 Å². The number of rotatable bonds is 7. The van der Waals surface area contributed by atoms with E-state index in [1.165, 1.54) is 7.11 Å². The van der Waals surface area contributed by atoms with Gasteiger partial charge in [-0.15, -0.1) is 0 Å². The van der Waals surface area contributed by atoms with Gasteiger partial charge in [-0.05, 0) is 26.0 Å². The molecule has 0 spiro atoms. The fraction of sp³-hybridized carbons (Fsp3) is 0.500. The van der Waals surface area contributed by atoms with Gasteiger partial charge in [-0.25, -0.2) is 0 Å². The standard InChI is InChI=1S/C14H22N2O3/c1-10(2)16-13-7-5-4-6-12(13)14(18)15-8-11(17)9-19-3/h4-7,10-11,16-17H,8-9H2,1-3H3,(H,15,18).